The van der Waals surface area contributed by atoms with Gasteiger partial charge in [-0.15, -0.1) is 0 Å². The van der Waals surface area contributed by atoms with Crippen LogP contribution in [-0.2, 0) is 9.59 Å². The molecule has 0 unspecified atom stereocenters. The van der Waals surface area contributed by atoms with Gasteiger partial charge in [0.1, 0.15) is 0 Å². The lowest BCUT2D eigenvalue weighted by atomic mass is 9.82. The number of carbonyl (C=O) groups excluding carboxylic acids is 2. The number of amides is 2. The van der Waals surface area contributed by atoms with E-state index in [1.54, 1.807) is 6.92 Å². The molecule has 1 aliphatic heterocycles. The summed E-state index contributed by atoms with van der Waals surface area (Å²) in [4.78, 5) is 28.7. The lowest BCUT2D eigenvalue weighted by Gasteiger charge is -2.42. The van der Waals surface area contributed by atoms with Crippen molar-refractivity contribution in [3.63, 3.8) is 0 Å². The van der Waals surface area contributed by atoms with Crippen molar-refractivity contribution in [1.82, 2.24) is 9.80 Å². The van der Waals surface area contributed by atoms with Crippen molar-refractivity contribution < 1.29 is 9.59 Å². The molecule has 0 aromatic rings. The standard InChI is InChI=1S/C19H32N2O2/c1-15(22)21(17-7-3-8-17)18-9-4-13-20(14-12-18)19(23)11-10-16-5-2-6-16/h16-18H,2-14H2,1H3/t18-/m1/s1. The highest BCUT2D eigenvalue weighted by Crippen LogP contribution is 2.32. The van der Waals surface area contributed by atoms with Gasteiger partial charge in [0.25, 0.3) is 0 Å². The molecule has 0 N–H and O–H groups in total. The topological polar surface area (TPSA) is 40.6 Å². The summed E-state index contributed by atoms with van der Waals surface area (Å²) in [6.07, 6.45) is 12.5. The largest absolute Gasteiger partial charge is 0.343 e. The van der Waals surface area contributed by atoms with Gasteiger partial charge in [-0.05, 0) is 50.9 Å². The summed E-state index contributed by atoms with van der Waals surface area (Å²) < 4.78 is 0. The summed E-state index contributed by atoms with van der Waals surface area (Å²) in [7, 11) is 0. The predicted molar refractivity (Wildman–Crippen MR) is 91.0 cm³/mol. The van der Waals surface area contributed by atoms with Gasteiger partial charge in [0.2, 0.25) is 11.8 Å². The van der Waals surface area contributed by atoms with Crippen LogP contribution >= 0.6 is 0 Å². The van der Waals surface area contributed by atoms with Gasteiger partial charge < -0.3 is 9.80 Å². The molecule has 0 aromatic carbocycles. The molecule has 0 bridgehead atoms. The Kier molecular flexibility index (Phi) is 5.60. The Morgan fingerprint density at radius 3 is 2.13 bits per heavy atom. The van der Waals surface area contributed by atoms with Crippen LogP contribution in [0.3, 0.4) is 0 Å². The zero-order chi connectivity index (χ0) is 16.2. The zero-order valence-electron chi connectivity index (χ0n) is 14.6. The fraction of sp³-hybridized carbons (Fsp3) is 0.895. The van der Waals surface area contributed by atoms with Crippen LogP contribution in [0.2, 0.25) is 0 Å². The molecule has 3 rings (SSSR count). The maximum Gasteiger partial charge on any atom is 0.222 e. The number of hydrogen-bond donors (Lipinski definition) is 0. The smallest absolute Gasteiger partial charge is 0.222 e. The molecule has 1 saturated heterocycles. The SMILES string of the molecule is CC(=O)N(C1CCC1)[C@@H]1CCCN(C(=O)CCC2CCC2)CC1. The number of carbonyl (C=O) groups is 2. The first-order valence-corrected chi connectivity index (χ1v) is 9.72. The lowest BCUT2D eigenvalue weighted by Crippen LogP contribution is -2.49. The van der Waals surface area contributed by atoms with Gasteiger partial charge in [-0.2, -0.15) is 0 Å². The van der Waals surface area contributed by atoms with Crippen LogP contribution in [-0.4, -0.2) is 46.8 Å². The van der Waals surface area contributed by atoms with Gasteiger partial charge in [-0.3, -0.25) is 9.59 Å². The molecule has 2 saturated carbocycles. The average Bonchev–Trinajstić information content (AvgIpc) is 2.66. The van der Waals surface area contributed by atoms with Crippen molar-refractivity contribution in [3.8, 4) is 0 Å². The molecular formula is C19H32N2O2. The molecule has 3 fully saturated rings. The van der Waals surface area contributed by atoms with Crippen LogP contribution in [0.4, 0.5) is 0 Å². The van der Waals surface area contributed by atoms with E-state index in [9.17, 15) is 9.59 Å². The number of hydrogen-bond acceptors (Lipinski definition) is 2. The van der Waals surface area contributed by atoms with Crippen molar-refractivity contribution in [2.45, 2.75) is 89.6 Å². The average molecular weight is 320 g/mol. The zero-order valence-corrected chi connectivity index (χ0v) is 14.6. The van der Waals surface area contributed by atoms with E-state index in [0.717, 1.165) is 51.1 Å². The van der Waals surface area contributed by atoms with Crippen LogP contribution in [0.25, 0.3) is 0 Å². The van der Waals surface area contributed by atoms with E-state index >= 15 is 0 Å². The minimum atomic E-state index is 0.226. The highest BCUT2D eigenvalue weighted by molar-refractivity contribution is 5.76. The Bertz CT molecular complexity index is 429. The normalized spacial score (nSPS) is 26.1. The fourth-order valence-corrected chi connectivity index (χ4v) is 4.35. The Morgan fingerprint density at radius 1 is 0.913 bits per heavy atom. The summed E-state index contributed by atoms with van der Waals surface area (Å²) in [6, 6.07) is 0.820. The first-order chi connectivity index (χ1) is 11.1. The maximum absolute atomic E-state index is 12.5. The Hall–Kier alpha value is -1.06. The van der Waals surface area contributed by atoms with Crippen LogP contribution < -0.4 is 0 Å². The second-order valence-corrected chi connectivity index (χ2v) is 7.81. The quantitative estimate of drug-likeness (QED) is 0.779. The minimum absolute atomic E-state index is 0.226. The van der Waals surface area contributed by atoms with Crippen molar-refractivity contribution in [2.75, 3.05) is 13.1 Å². The first-order valence-electron chi connectivity index (χ1n) is 9.72. The number of likely N-dealkylation sites (tertiary alicyclic amines) is 1. The van der Waals surface area contributed by atoms with E-state index in [-0.39, 0.29) is 5.91 Å². The molecule has 0 spiro atoms. The molecule has 0 radical (unpaired) electrons. The summed E-state index contributed by atoms with van der Waals surface area (Å²) in [5, 5.41) is 0. The molecule has 4 nitrogen and oxygen atoms in total. The lowest BCUT2D eigenvalue weighted by molar-refractivity contribution is -0.136. The van der Waals surface area contributed by atoms with E-state index in [1.807, 2.05) is 0 Å². The monoisotopic (exact) mass is 320 g/mol. The van der Waals surface area contributed by atoms with E-state index in [4.69, 9.17) is 0 Å². The van der Waals surface area contributed by atoms with E-state index in [2.05, 4.69) is 9.80 Å². The van der Waals surface area contributed by atoms with Crippen molar-refractivity contribution >= 4 is 11.8 Å². The van der Waals surface area contributed by atoms with Crippen LogP contribution in [0.5, 0.6) is 0 Å². The van der Waals surface area contributed by atoms with E-state index < -0.39 is 0 Å². The Morgan fingerprint density at radius 2 is 1.57 bits per heavy atom. The second kappa shape index (κ2) is 7.67. The summed E-state index contributed by atoms with van der Waals surface area (Å²) in [5.41, 5.74) is 0. The molecule has 2 amide bonds. The molecule has 1 heterocycles. The van der Waals surface area contributed by atoms with Crippen LogP contribution in [0.15, 0.2) is 0 Å². The van der Waals surface area contributed by atoms with Gasteiger partial charge in [0.05, 0.1) is 0 Å². The van der Waals surface area contributed by atoms with Gasteiger partial charge in [0, 0.05) is 38.5 Å². The molecule has 4 heteroatoms. The molecule has 1 atom stereocenters. The molecule has 2 aliphatic carbocycles. The molecule has 0 aromatic heterocycles. The van der Waals surface area contributed by atoms with Gasteiger partial charge in [0.15, 0.2) is 0 Å². The third-order valence-electron chi connectivity index (χ3n) is 6.27. The Balaban J connectivity index is 1.49. The van der Waals surface area contributed by atoms with Crippen LogP contribution in [0.1, 0.15) is 77.6 Å². The third kappa shape index (κ3) is 4.07. The predicted octanol–water partition coefficient (Wildman–Crippen LogP) is 3.35. The molecule has 3 aliphatic rings. The molecule has 23 heavy (non-hydrogen) atoms. The fourth-order valence-electron chi connectivity index (χ4n) is 4.35. The molecule has 130 valence electrons. The number of nitrogens with zero attached hydrogens (tertiary/aromatic N) is 2. The van der Waals surface area contributed by atoms with Crippen molar-refractivity contribution in [1.29, 1.82) is 0 Å². The highest BCUT2D eigenvalue weighted by Gasteiger charge is 2.33. The number of rotatable bonds is 5. The summed E-state index contributed by atoms with van der Waals surface area (Å²) in [6.45, 7) is 3.44. The van der Waals surface area contributed by atoms with E-state index in [1.165, 1.54) is 38.5 Å². The minimum Gasteiger partial charge on any atom is -0.343 e. The van der Waals surface area contributed by atoms with Crippen molar-refractivity contribution in [3.05, 3.63) is 0 Å². The third-order valence-corrected chi connectivity index (χ3v) is 6.27. The Labute approximate surface area is 140 Å². The van der Waals surface area contributed by atoms with Gasteiger partial charge in [-0.25, -0.2) is 0 Å². The summed E-state index contributed by atoms with van der Waals surface area (Å²) in [5.74, 6) is 1.38. The first kappa shape index (κ1) is 16.8. The van der Waals surface area contributed by atoms with Crippen molar-refractivity contribution in [2.24, 2.45) is 5.92 Å². The molecular weight excluding hydrogens is 288 g/mol. The van der Waals surface area contributed by atoms with E-state index in [0.29, 0.717) is 18.0 Å². The maximum atomic E-state index is 12.5. The van der Waals surface area contributed by atoms with Crippen LogP contribution in [0, 0.1) is 5.92 Å². The second-order valence-electron chi connectivity index (χ2n) is 7.81. The summed E-state index contributed by atoms with van der Waals surface area (Å²) >= 11 is 0. The van der Waals surface area contributed by atoms with Gasteiger partial charge >= 0.3 is 0 Å². The van der Waals surface area contributed by atoms with Gasteiger partial charge in [-0.1, -0.05) is 19.3 Å². The highest BCUT2D eigenvalue weighted by atomic mass is 16.2.